The minimum atomic E-state index is -0.713. The van der Waals surface area contributed by atoms with Gasteiger partial charge < -0.3 is 4.74 Å². The Kier molecular flexibility index (Phi) is 4.96. The van der Waals surface area contributed by atoms with Gasteiger partial charge in [-0.25, -0.2) is 9.59 Å². The van der Waals surface area contributed by atoms with E-state index in [2.05, 4.69) is 4.99 Å². The molecule has 2 rings (SSSR count). The Hall–Kier alpha value is -3.31. The van der Waals surface area contributed by atoms with Crippen LogP contribution >= 0.6 is 0 Å². The summed E-state index contributed by atoms with van der Waals surface area (Å²) in [5.41, 5.74) is 0.697. The minimum absolute atomic E-state index is 0.00915. The highest BCUT2D eigenvalue weighted by molar-refractivity contribution is 5.97. The van der Waals surface area contributed by atoms with Gasteiger partial charge in [0, 0.05) is 12.1 Å². The molecule has 116 valence electrons. The molecule has 0 saturated carbocycles. The summed E-state index contributed by atoms with van der Waals surface area (Å²) in [6, 6.07) is 11.3. The molecular formula is C16H12N2O5. The molecular weight excluding hydrogens is 300 g/mol. The van der Waals surface area contributed by atoms with Crippen LogP contribution in [0.5, 0.6) is 0 Å². The van der Waals surface area contributed by atoms with E-state index in [1.54, 1.807) is 12.1 Å². The summed E-state index contributed by atoms with van der Waals surface area (Å²) >= 11 is 0. The first-order valence-electron chi connectivity index (χ1n) is 6.61. The second kappa shape index (κ2) is 7.11. The van der Waals surface area contributed by atoms with Gasteiger partial charge in [-0.15, -0.1) is 0 Å². The van der Waals surface area contributed by atoms with Crippen LogP contribution in [0.25, 0.3) is 0 Å². The number of nitrogens with zero attached hydrogens (tertiary/aromatic N) is 2. The van der Waals surface area contributed by atoms with Gasteiger partial charge >= 0.3 is 5.97 Å². The number of ether oxygens (including phenoxy) is 1. The second-order valence-corrected chi connectivity index (χ2v) is 4.68. The summed E-state index contributed by atoms with van der Waals surface area (Å²) in [6.45, 7) is 1.55. The van der Waals surface area contributed by atoms with Gasteiger partial charge in [0.05, 0.1) is 16.2 Å². The van der Waals surface area contributed by atoms with Crippen molar-refractivity contribution in [2.24, 2.45) is 4.99 Å². The number of isocyanates is 1. The monoisotopic (exact) mass is 312 g/mol. The molecule has 0 spiro atoms. The number of nitro benzene ring substituents is 1. The molecule has 7 heteroatoms. The number of rotatable bonds is 5. The lowest BCUT2D eigenvalue weighted by Gasteiger charge is -2.09. The van der Waals surface area contributed by atoms with E-state index in [1.807, 2.05) is 18.2 Å². The number of non-ortho nitro benzene ring substituents is 1. The lowest BCUT2D eigenvalue weighted by Crippen LogP contribution is -2.08. The van der Waals surface area contributed by atoms with Crippen LogP contribution in [0.3, 0.4) is 0 Å². The molecule has 23 heavy (non-hydrogen) atoms. The Balaban J connectivity index is 2.31. The lowest BCUT2D eigenvalue weighted by molar-refractivity contribution is -0.384. The molecule has 2 aromatic carbocycles. The SMILES string of the molecule is Cc1cc([N+](=O)[O-])cc(N=C=O)c1C(=O)OCc1ccccc1. The number of hydrogen-bond donors (Lipinski definition) is 0. The number of aliphatic imine (C=N–C) groups is 1. The largest absolute Gasteiger partial charge is 0.457 e. The van der Waals surface area contributed by atoms with Crippen molar-refractivity contribution in [2.75, 3.05) is 0 Å². The summed E-state index contributed by atoms with van der Waals surface area (Å²) < 4.78 is 5.18. The van der Waals surface area contributed by atoms with E-state index in [1.165, 1.54) is 19.1 Å². The number of esters is 1. The summed E-state index contributed by atoms with van der Waals surface area (Å²) in [5, 5.41) is 10.9. The number of aryl methyl sites for hydroxylation is 1. The van der Waals surface area contributed by atoms with Crippen molar-refractivity contribution < 1.29 is 19.2 Å². The number of carbonyl (C=O) groups excluding carboxylic acids is 2. The van der Waals surface area contributed by atoms with E-state index in [0.717, 1.165) is 11.6 Å². The van der Waals surface area contributed by atoms with Gasteiger partial charge in [-0.3, -0.25) is 10.1 Å². The highest BCUT2D eigenvalue weighted by Gasteiger charge is 2.21. The maximum Gasteiger partial charge on any atom is 0.340 e. The Morgan fingerprint density at radius 3 is 2.61 bits per heavy atom. The number of nitro groups is 1. The Morgan fingerprint density at radius 2 is 2.00 bits per heavy atom. The predicted octanol–water partition coefficient (Wildman–Crippen LogP) is 3.23. The molecule has 0 aromatic heterocycles. The fourth-order valence-electron chi connectivity index (χ4n) is 2.05. The molecule has 2 aromatic rings. The summed E-state index contributed by atoms with van der Waals surface area (Å²) in [5.74, 6) is -0.713. The molecule has 7 nitrogen and oxygen atoms in total. The van der Waals surface area contributed by atoms with E-state index in [9.17, 15) is 19.7 Å². The van der Waals surface area contributed by atoms with Crippen molar-refractivity contribution >= 4 is 23.4 Å². The van der Waals surface area contributed by atoms with Crippen LogP contribution < -0.4 is 0 Å². The molecule has 0 aliphatic heterocycles. The fourth-order valence-corrected chi connectivity index (χ4v) is 2.05. The average Bonchev–Trinajstić information content (AvgIpc) is 2.53. The number of carbonyl (C=O) groups is 1. The predicted molar refractivity (Wildman–Crippen MR) is 81.2 cm³/mol. The van der Waals surface area contributed by atoms with E-state index in [-0.39, 0.29) is 23.5 Å². The molecule has 0 aliphatic carbocycles. The van der Waals surface area contributed by atoms with Crippen LogP contribution in [0.2, 0.25) is 0 Å². The zero-order valence-electron chi connectivity index (χ0n) is 12.2. The van der Waals surface area contributed by atoms with Gasteiger partial charge in [0.15, 0.2) is 0 Å². The van der Waals surface area contributed by atoms with Gasteiger partial charge in [-0.2, -0.15) is 4.99 Å². The zero-order chi connectivity index (χ0) is 16.8. The summed E-state index contributed by atoms with van der Waals surface area (Å²) in [4.78, 5) is 36.3. The van der Waals surface area contributed by atoms with Crippen molar-refractivity contribution in [2.45, 2.75) is 13.5 Å². The second-order valence-electron chi connectivity index (χ2n) is 4.68. The molecule has 0 bridgehead atoms. The van der Waals surface area contributed by atoms with Crippen LogP contribution in [-0.4, -0.2) is 17.0 Å². The summed E-state index contributed by atoms with van der Waals surface area (Å²) in [6.07, 6.45) is 1.29. The topological polar surface area (TPSA) is 98.9 Å². The van der Waals surface area contributed by atoms with Gasteiger partial charge in [-0.1, -0.05) is 30.3 Å². The van der Waals surface area contributed by atoms with Crippen LogP contribution in [0.15, 0.2) is 47.5 Å². The molecule has 0 fully saturated rings. The zero-order valence-corrected chi connectivity index (χ0v) is 12.2. The summed E-state index contributed by atoms with van der Waals surface area (Å²) in [7, 11) is 0. The molecule has 0 unspecified atom stereocenters. The quantitative estimate of drug-likeness (QED) is 0.277. The lowest BCUT2D eigenvalue weighted by atomic mass is 10.1. The van der Waals surface area contributed by atoms with Crippen molar-refractivity contribution in [1.29, 1.82) is 0 Å². The smallest absolute Gasteiger partial charge is 0.340 e. The minimum Gasteiger partial charge on any atom is -0.457 e. The molecule has 0 amide bonds. The first-order chi connectivity index (χ1) is 11.0. The van der Waals surface area contributed by atoms with Crippen LogP contribution in [-0.2, 0) is 16.1 Å². The first kappa shape index (κ1) is 16.1. The van der Waals surface area contributed by atoms with Crippen LogP contribution in [0.1, 0.15) is 21.5 Å². The van der Waals surface area contributed by atoms with Crippen molar-refractivity contribution in [3.05, 3.63) is 69.3 Å². The van der Waals surface area contributed by atoms with E-state index in [4.69, 9.17) is 4.74 Å². The molecule has 0 aliphatic rings. The van der Waals surface area contributed by atoms with Crippen LogP contribution in [0, 0.1) is 17.0 Å². The third-order valence-corrected chi connectivity index (χ3v) is 3.09. The number of benzene rings is 2. The Labute approximate surface area is 131 Å². The van der Waals surface area contributed by atoms with Gasteiger partial charge in [0.25, 0.3) is 5.69 Å². The molecule has 0 saturated heterocycles. The van der Waals surface area contributed by atoms with E-state index in [0.29, 0.717) is 5.56 Å². The highest BCUT2D eigenvalue weighted by Crippen LogP contribution is 2.29. The van der Waals surface area contributed by atoms with E-state index >= 15 is 0 Å². The molecule has 0 radical (unpaired) electrons. The third-order valence-electron chi connectivity index (χ3n) is 3.09. The van der Waals surface area contributed by atoms with Gasteiger partial charge in [0.1, 0.15) is 6.61 Å². The number of hydrogen-bond acceptors (Lipinski definition) is 6. The fraction of sp³-hybridized carbons (Fsp3) is 0.125. The Morgan fingerprint density at radius 1 is 1.30 bits per heavy atom. The van der Waals surface area contributed by atoms with Gasteiger partial charge in [-0.05, 0) is 18.1 Å². The third kappa shape index (κ3) is 3.87. The standard InChI is InChI=1S/C16H12N2O5/c1-11-7-13(18(21)22)8-14(17-10-19)15(11)16(20)23-9-12-5-3-2-4-6-12/h2-8H,9H2,1H3. The van der Waals surface area contributed by atoms with Crippen molar-refractivity contribution in [1.82, 2.24) is 0 Å². The molecule has 0 N–H and O–H groups in total. The van der Waals surface area contributed by atoms with Crippen molar-refractivity contribution in [3.8, 4) is 0 Å². The van der Waals surface area contributed by atoms with Gasteiger partial charge in [0.2, 0.25) is 6.08 Å². The maximum absolute atomic E-state index is 12.2. The van der Waals surface area contributed by atoms with Crippen molar-refractivity contribution in [3.63, 3.8) is 0 Å². The highest BCUT2D eigenvalue weighted by atomic mass is 16.6. The molecule has 0 heterocycles. The average molecular weight is 312 g/mol. The normalized spacial score (nSPS) is 9.78. The maximum atomic E-state index is 12.2. The van der Waals surface area contributed by atoms with E-state index < -0.39 is 10.9 Å². The Bertz CT molecular complexity index is 796. The molecule has 0 atom stereocenters. The first-order valence-corrected chi connectivity index (χ1v) is 6.61. The van der Waals surface area contributed by atoms with Crippen LogP contribution in [0.4, 0.5) is 11.4 Å².